The molecule has 0 aliphatic heterocycles. The zero-order valence-electron chi connectivity index (χ0n) is 12.3. The Hall–Kier alpha value is -1.09. The van der Waals surface area contributed by atoms with E-state index in [0.29, 0.717) is 27.7 Å². The van der Waals surface area contributed by atoms with Gasteiger partial charge in [0.05, 0.1) is 10.0 Å². The highest BCUT2D eigenvalue weighted by molar-refractivity contribution is 6.42. The molecule has 1 atom stereocenters. The molecule has 0 aliphatic rings. The predicted molar refractivity (Wildman–Crippen MR) is 87.6 cm³/mol. The van der Waals surface area contributed by atoms with Crippen molar-refractivity contribution in [3.8, 4) is 0 Å². The van der Waals surface area contributed by atoms with Crippen LogP contribution in [0.15, 0.2) is 30.3 Å². The second-order valence-corrected chi connectivity index (χ2v) is 6.13. The maximum atomic E-state index is 13.6. The molecule has 0 aliphatic carbocycles. The first-order chi connectivity index (χ1) is 9.88. The van der Waals surface area contributed by atoms with Crippen LogP contribution in [0.3, 0.4) is 0 Å². The maximum Gasteiger partial charge on any atom is 0.129 e. The summed E-state index contributed by atoms with van der Waals surface area (Å²) in [6.45, 7) is 6.30. The lowest BCUT2D eigenvalue weighted by Crippen LogP contribution is -2.18. The molecule has 0 saturated carbocycles. The third-order valence-electron chi connectivity index (χ3n) is 3.55. The molecule has 2 rings (SSSR count). The summed E-state index contributed by atoms with van der Waals surface area (Å²) in [5.74, 6) is -0.128. The lowest BCUT2D eigenvalue weighted by Gasteiger charge is -2.16. The topological polar surface area (TPSA) is 12.0 Å². The quantitative estimate of drug-likeness (QED) is 0.771. The molecule has 0 fully saturated rings. The van der Waals surface area contributed by atoms with Gasteiger partial charge < -0.3 is 5.32 Å². The Labute approximate surface area is 135 Å². The van der Waals surface area contributed by atoms with Crippen LogP contribution in [0, 0.1) is 19.7 Å². The second kappa shape index (κ2) is 6.78. The van der Waals surface area contributed by atoms with Gasteiger partial charge in [-0.2, -0.15) is 0 Å². The van der Waals surface area contributed by atoms with Crippen LogP contribution < -0.4 is 5.32 Å². The average Bonchev–Trinajstić information content (AvgIpc) is 2.44. The summed E-state index contributed by atoms with van der Waals surface area (Å²) in [7, 11) is 0. The molecule has 1 nitrogen and oxygen atoms in total. The Morgan fingerprint density at radius 2 is 1.67 bits per heavy atom. The fourth-order valence-electron chi connectivity index (χ4n) is 2.31. The molecule has 0 radical (unpaired) electrons. The predicted octanol–water partition coefficient (Wildman–Crippen LogP) is 5.60. The minimum absolute atomic E-state index is 0.128. The Bertz CT molecular complexity index is 632. The first kappa shape index (κ1) is 16.3. The fourth-order valence-corrected chi connectivity index (χ4v) is 2.61. The van der Waals surface area contributed by atoms with Crippen LogP contribution >= 0.6 is 23.2 Å². The summed E-state index contributed by atoms with van der Waals surface area (Å²) in [6.07, 6.45) is 0. The van der Waals surface area contributed by atoms with E-state index in [2.05, 4.69) is 12.2 Å². The van der Waals surface area contributed by atoms with Gasteiger partial charge >= 0.3 is 0 Å². The zero-order chi connectivity index (χ0) is 15.6. The minimum atomic E-state index is -0.128. The van der Waals surface area contributed by atoms with Gasteiger partial charge in [0.15, 0.2) is 0 Å². The van der Waals surface area contributed by atoms with Crippen molar-refractivity contribution in [2.24, 2.45) is 0 Å². The van der Waals surface area contributed by atoms with E-state index < -0.39 is 0 Å². The lowest BCUT2D eigenvalue weighted by atomic mass is 10.0. The van der Waals surface area contributed by atoms with Crippen molar-refractivity contribution in [1.82, 2.24) is 5.32 Å². The molecule has 2 aromatic rings. The number of aryl methyl sites for hydroxylation is 2. The summed E-state index contributed by atoms with van der Waals surface area (Å²) in [5, 5.41) is 4.52. The first-order valence-corrected chi connectivity index (χ1v) is 7.58. The van der Waals surface area contributed by atoms with Crippen LogP contribution in [0.2, 0.25) is 10.0 Å². The highest BCUT2D eigenvalue weighted by Gasteiger charge is 2.09. The van der Waals surface area contributed by atoms with Gasteiger partial charge in [-0.05, 0) is 55.2 Å². The summed E-state index contributed by atoms with van der Waals surface area (Å²) in [4.78, 5) is 0. The molecule has 0 saturated heterocycles. The molecule has 112 valence electrons. The first-order valence-electron chi connectivity index (χ1n) is 6.82. The van der Waals surface area contributed by atoms with Gasteiger partial charge in [-0.1, -0.05) is 41.4 Å². The molecule has 2 aromatic carbocycles. The Morgan fingerprint density at radius 3 is 2.24 bits per heavy atom. The van der Waals surface area contributed by atoms with E-state index in [0.717, 1.165) is 11.1 Å². The number of rotatable bonds is 4. The summed E-state index contributed by atoms with van der Waals surface area (Å²) in [6, 6.07) is 9.48. The summed E-state index contributed by atoms with van der Waals surface area (Å²) in [5.41, 5.74) is 3.49. The van der Waals surface area contributed by atoms with Crippen molar-refractivity contribution in [3.05, 3.63) is 68.4 Å². The third kappa shape index (κ3) is 3.97. The molecule has 0 aromatic heterocycles. The minimum Gasteiger partial charge on any atom is -0.306 e. The van der Waals surface area contributed by atoms with E-state index in [4.69, 9.17) is 23.2 Å². The number of halogens is 3. The second-order valence-electron chi connectivity index (χ2n) is 5.32. The van der Waals surface area contributed by atoms with E-state index in [1.807, 2.05) is 24.3 Å². The van der Waals surface area contributed by atoms with Gasteiger partial charge in [-0.25, -0.2) is 4.39 Å². The van der Waals surface area contributed by atoms with Crippen molar-refractivity contribution in [2.45, 2.75) is 33.4 Å². The molecule has 1 N–H and O–H groups in total. The van der Waals surface area contributed by atoms with Crippen molar-refractivity contribution >= 4 is 23.2 Å². The molecule has 0 amide bonds. The van der Waals surface area contributed by atoms with Gasteiger partial charge in [-0.15, -0.1) is 0 Å². The van der Waals surface area contributed by atoms with Gasteiger partial charge in [-0.3, -0.25) is 0 Å². The largest absolute Gasteiger partial charge is 0.306 e. The smallest absolute Gasteiger partial charge is 0.129 e. The average molecular weight is 326 g/mol. The number of hydrogen-bond donors (Lipinski definition) is 1. The van der Waals surface area contributed by atoms with Crippen molar-refractivity contribution < 1.29 is 4.39 Å². The van der Waals surface area contributed by atoms with Crippen LogP contribution in [0.25, 0.3) is 0 Å². The van der Waals surface area contributed by atoms with E-state index >= 15 is 0 Å². The van der Waals surface area contributed by atoms with E-state index in [1.54, 1.807) is 19.9 Å². The van der Waals surface area contributed by atoms with Crippen LogP contribution in [0.4, 0.5) is 4.39 Å². The highest BCUT2D eigenvalue weighted by Crippen LogP contribution is 2.25. The van der Waals surface area contributed by atoms with Gasteiger partial charge in [0.1, 0.15) is 5.82 Å². The van der Waals surface area contributed by atoms with Gasteiger partial charge in [0.2, 0.25) is 0 Å². The van der Waals surface area contributed by atoms with E-state index in [9.17, 15) is 4.39 Å². The van der Waals surface area contributed by atoms with Gasteiger partial charge in [0, 0.05) is 12.6 Å². The molecule has 1 unspecified atom stereocenters. The number of nitrogens with one attached hydrogen (secondary N) is 1. The monoisotopic (exact) mass is 325 g/mol. The van der Waals surface area contributed by atoms with Crippen molar-refractivity contribution in [1.29, 1.82) is 0 Å². The maximum absolute atomic E-state index is 13.6. The molecule has 0 bridgehead atoms. The van der Waals surface area contributed by atoms with Crippen LogP contribution in [-0.4, -0.2) is 0 Å². The number of benzene rings is 2. The van der Waals surface area contributed by atoms with Crippen LogP contribution in [0.1, 0.15) is 35.2 Å². The SMILES string of the molecule is Cc1cc(CNC(C)c2ccc(Cl)c(Cl)c2)cc(C)c1F. The molecular formula is C17H18Cl2FN. The fraction of sp³-hybridized carbons (Fsp3) is 0.294. The third-order valence-corrected chi connectivity index (χ3v) is 4.29. The lowest BCUT2D eigenvalue weighted by molar-refractivity contribution is 0.570. The summed E-state index contributed by atoms with van der Waals surface area (Å²) >= 11 is 12.0. The van der Waals surface area contributed by atoms with Crippen molar-refractivity contribution in [2.75, 3.05) is 0 Å². The Kier molecular flexibility index (Phi) is 5.26. The van der Waals surface area contributed by atoms with E-state index in [1.165, 1.54) is 0 Å². The Morgan fingerprint density at radius 1 is 1.05 bits per heavy atom. The van der Waals surface area contributed by atoms with Gasteiger partial charge in [0.25, 0.3) is 0 Å². The standard InChI is InChI=1S/C17H18Cl2FN/c1-10-6-13(7-11(2)17(10)20)9-21-12(3)14-4-5-15(18)16(19)8-14/h4-8,12,21H,9H2,1-3H3. The molecule has 4 heteroatoms. The zero-order valence-corrected chi connectivity index (χ0v) is 13.8. The molecule has 21 heavy (non-hydrogen) atoms. The van der Waals surface area contributed by atoms with E-state index in [-0.39, 0.29) is 11.9 Å². The molecular weight excluding hydrogens is 308 g/mol. The summed E-state index contributed by atoms with van der Waals surface area (Å²) < 4.78 is 13.6. The normalized spacial score (nSPS) is 12.5. The van der Waals surface area contributed by atoms with Crippen LogP contribution in [-0.2, 0) is 6.54 Å². The highest BCUT2D eigenvalue weighted by atomic mass is 35.5. The molecule has 0 spiro atoms. The number of hydrogen-bond acceptors (Lipinski definition) is 1. The Balaban J connectivity index is 2.07. The molecule has 0 heterocycles. The van der Waals surface area contributed by atoms with Crippen LogP contribution in [0.5, 0.6) is 0 Å². The van der Waals surface area contributed by atoms with Crippen molar-refractivity contribution in [3.63, 3.8) is 0 Å².